The lowest BCUT2D eigenvalue weighted by atomic mass is 9.82. The number of benzene rings is 18. The van der Waals surface area contributed by atoms with Crippen molar-refractivity contribution in [1.29, 1.82) is 0 Å². The summed E-state index contributed by atoms with van der Waals surface area (Å²) in [5.41, 5.74) is 33.7. The molecule has 18 aromatic carbocycles. The van der Waals surface area contributed by atoms with E-state index in [0.717, 1.165) is 57.9 Å². The maximum absolute atomic E-state index is 5.06. The van der Waals surface area contributed by atoms with Gasteiger partial charge in [-0.3, -0.25) is 9.13 Å². The van der Waals surface area contributed by atoms with E-state index in [2.05, 4.69) is 363 Å². The minimum Gasteiger partial charge on any atom is -0.296 e. The van der Waals surface area contributed by atoms with Crippen molar-refractivity contribution in [2.45, 2.75) is 26.7 Å². The third-order valence-electron chi connectivity index (χ3n) is 23.1. The predicted molar refractivity (Wildman–Crippen MR) is 446 cm³/mol. The maximum Gasteiger partial charge on any atom is 0.114 e. The van der Waals surface area contributed by atoms with Crippen LogP contribution in [-0.4, -0.2) is 19.1 Å². The second kappa shape index (κ2) is 23.5. The number of imidazole rings is 2. The molecule has 2 heterocycles. The maximum atomic E-state index is 5.06. The lowest BCUT2D eigenvalue weighted by molar-refractivity contribution is 0.908. The van der Waals surface area contributed by atoms with Crippen LogP contribution in [0.25, 0.3) is 220 Å². The lowest BCUT2D eigenvalue weighted by Gasteiger charge is -2.21. The van der Waals surface area contributed by atoms with Gasteiger partial charge in [0.15, 0.2) is 0 Å². The number of fused-ring (bicyclic) bond motifs is 12. The predicted octanol–water partition coefficient (Wildman–Crippen LogP) is 27.4. The SMILES string of the molecule is CCc1nc2ccccc2n1-c1ccc(-c2c3ccccc3c(-c3cccc4c3-c3ccc(-c5ccc(-c6ccc7c(-c8ccc(-n9c(CC)nc%10ccccc%109)cc8)c8ccccc8c(-c8ccc9cccc%10c9c8-c8ccccc8-%10)c7c6)cc5)c5cccc-4c35)c3cc(-c4ccccc4)ccc23)cc1. The van der Waals surface area contributed by atoms with Gasteiger partial charge in [0.2, 0.25) is 0 Å². The highest BCUT2D eigenvalue weighted by molar-refractivity contribution is 6.29. The Kier molecular flexibility index (Phi) is 13.3. The molecule has 0 atom stereocenters. The molecule has 22 rings (SSSR count). The molecule has 4 nitrogen and oxygen atoms in total. The second-order valence-corrected chi connectivity index (χ2v) is 28.6. The van der Waals surface area contributed by atoms with Crippen molar-refractivity contribution in [3.05, 3.63) is 351 Å². The summed E-state index contributed by atoms with van der Waals surface area (Å²) >= 11 is 0. The number of rotatable bonds is 11. The summed E-state index contributed by atoms with van der Waals surface area (Å²) in [6.07, 6.45) is 1.67. The van der Waals surface area contributed by atoms with Gasteiger partial charge in [-0.15, -0.1) is 0 Å². The largest absolute Gasteiger partial charge is 0.296 e. The van der Waals surface area contributed by atoms with Crippen molar-refractivity contribution in [2.24, 2.45) is 0 Å². The number of hydrogen-bond acceptors (Lipinski definition) is 2. The molecule has 0 saturated carbocycles. The lowest BCUT2D eigenvalue weighted by Crippen LogP contribution is -2.00. The fourth-order valence-corrected chi connectivity index (χ4v) is 18.5. The van der Waals surface area contributed by atoms with Gasteiger partial charge in [-0.05, 0) is 248 Å². The molecular formula is C102H66N4. The van der Waals surface area contributed by atoms with E-state index in [4.69, 9.17) is 9.97 Å². The first-order chi connectivity index (χ1) is 52.5. The molecule has 2 aliphatic carbocycles. The van der Waals surface area contributed by atoms with E-state index in [1.54, 1.807) is 0 Å². The summed E-state index contributed by atoms with van der Waals surface area (Å²) in [4.78, 5) is 10.1. The normalized spacial score (nSPS) is 12.1. The molecule has 0 aliphatic heterocycles. The Hall–Kier alpha value is -13.5. The van der Waals surface area contributed by atoms with Crippen molar-refractivity contribution in [1.82, 2.24) is 19.1 Å². The standard InChI is InChI=1S/C102H66N4/c1-3-93-103-89-35-14-16-37-91(89)105(93)69-50-43-65(44-51-69)95-76-26-10-12-28-78(76)100(87-59-67(48-54-82(87)95)61-21-6-5-7-22-61)84-34-20-33-81-80-32-19-31-73-71(57-58-85(98(73)80)99(81)84)63-41-39-62(40-42-63)68-49-55-83-88(60-68)101(86-56-47-64-23-18-30-74-72-24-8-9-25-75(72)102(86)97(64)74)79-29-13-11-27-77(79)96(83)66-45-52-70(53-46-66)106-92-38-17-15-36-90(92)104-94(106)4-2/h5-60H,3-4H2,1-2H3. The first kappa shape index (κ1) is 60.1. The summed E-state index contributed by atoms with van der Waals surface area (Å²) in [7, 11) is 0. The van der Waals surface area contributed by atoms with Gasteiger partial charge < -0.3 is 0 Å². The highest BCUT2D eigenvalue weighted by Crippen LogP contribution is 2.58. The van der Waals surface area contributed by atoms with Gasteiger partial charge in [0.1, 0.15) is 11.6 Å². The molecule has 2 aromatic heterocycles. The molecule has 0 fully saturated rings. The molecule has 494 valence electrons. The average Bonchev–Trinajstić information content (AvgIpc) is 1.53. The molecule has 0 saturated heterocycles. The summed E-state index contributed by atoms with van der Waals surface area (Å²) < 4.78 is 4.64. The van der Waals surface area contributed by atoms with Crippen molar-refractivity contribution in [3.8, 4) is 134 Å². The van der Waals surface area contributed by atoms with Crippen LogP contribution in [0.3, 0.4) is 0 Å². The molecule has 0 unspecified atom stereocenters. The van der Waals surface area contributed by atoms with Gasteiger partial charge in [0.25, 0.3) is 0 Å². The molecule has 20 aromatic rings. The Morgan fingerprint density at radius 2 is 0.623 bits per heavy atom. The number of hydrogen-bond donors (Lipinski definition) is 0. The Balaban J connectivity index is 0.680. The van der Waals surface area contributed by atoms with Crippen molar-refractivity contribution in [2.75, 3.05) is 0 Å². The van der Waals surface area contributed by atoms with E-state index in [0.29, 0.717) is 0 Å². The molecule has 0 spiro atoms. The zero-order valence-corrected chi connectivity index (χ0v) is 58.5. The van der Waals surface area contributed by atoms with Gasteiger partial charge in [0.05, 0.1) is 22.1 Å². The van der Waals surface area contributed by atoms with Crippen LogP contribution in [0.1, 0.15) is 25.5 Å². The van der Waals surface area contributed by atoms with E-state index in [9.17, 15) is 0 Å². The second-order valence-electron chi connectivity index (χ2n) is 28.6. The minimum absolute atomic E-state index is 0.831. The van der Waals surface area contributed by atoms with Crippen molar-refractivity contribution >= 4 is 86.7 Å². The molecule has 0 bridgehead atoms. The Bertz CT molecular complexity index is 7110. The van der Waals surface area contributed by atoms with Gasteiger partial charge in [-0.25, -0.2) is 9.97 Å². The minimum atomic E-state index is 0.831. The molecule has 0 radical (unpaired) electrons. The van der Waals surface area contributed by atoms with E-state index in [-0.39, 0.29) is 0 Å². The van der Waals surface area contributed by atoms with Gasteiger partial charge in [-0.2, -0.15) is 0 Å². The molecule has 0 N–H and O–H groups in total. The van der Waals surface area contributed by atoms with E-state index in [1.165, 1.54) is 187 Å². The number of para-hydroxylation sites is 4. The molecule has 0 amide bonds. The Morgan fingerprint density at radius 3 is 1.22 bits per heavy atom. The summed E-state index contributed by atoms with van der Waals surface area (Å²) in [6.45, 7) is 4.38. The fraction of sp³-hybridized carbons (Fsp3) is 0.0392. The van der Waals surface area contributed by atoms with E-state index < -0.39 is 0 Å². The van der Waals surface area contributed by atoms with Gasteiger partial charge in [0, 0.05) is 24.2 Å². The first-order valence-corrected chi connectivity index (χ1v) is 37.1. The van der Waals surface area contributed by atoms with E-state index >= 15 is 0 Å². The number of nitrogens with zero attached hydrogens (tertiary/aromatic N) is 4. The van der Waals surface area contributed by atoms with Crippen LogP contribution in [0.2, 0.25) is 0 Å². The van der Waals surface area contributed by atoms with Crippen LogP contribution in [-0.2, 0) is 12.8 Å². The quantitative estimate of drug-likeness (QED) is 0.121. The molecule has 2 aliphatic rings. The van der Waals surface area contributed by atoms with E-state index in [1.807, 2.05) is 0 Å². The van der Waals surface area contributed by atoms with Crippen LogP contribution >= 0.6 is 0 Å². The van der Waals surface area contributed by atoms with Crippen LogP contribution in [0, 0.1) is 0 Å². The number of aryl methyl sites for hydroxylation is 2. The van der Waals surface area contributed by atoms with Crippen LogP contribution in [0.4, 0.5) is 0 Å². The van der Waals surface area contributed by atoms with Gasteiger partial charge >= 0.3 is 0 Å². The van der Waals surface area contributed by atoms with Crippen LogP contribution in [0.15, 0.2) is 340 Å². The number of aromatic nitrogens is 4. The fourth-order valence-electron chi connectivity index (χ4n) is 18.5. The first-order valence-electron chi connectivity index (χ1n) is 37.1. The van der Waals surface area contributed by atoms with Gasteiger partial charge in [-0.1, -0.05) is 293 Å². The zero-order chi connectivity index (χ0) is 69.8. The summed E-state index contributed by atoms with van der Waals surface area (Å²) in [5.74, 6) is 2.11. The van der Waals surface area contributed by atoms with Crippen molar-refractivity contribution < 1.29 is 0 Å². The molecule has 4 heteroatoms. The summed E-state index contributed by atoms with van der Waals surface area (Å²) in [5, 5.41) is 14.9. The monoisotopic (exact) mass is 1350 g/mol. The molecule has 106 heavy (non-hydrogen) atoms. The average molecular weight is 1350 g/mol. The Morgan fingerprint density at radius 1 is 0.217 bits per heavy atom. The zero-order valence-electron chi connectivity index (χ0n) is 58.5. The van der Waals surface area contributed by atoms with Crippen LogP contribution < -0.4 is 0 Å². The Labute approximate surface area is 613 Å². The van der Waals surface area contributed by atoms with Crippen LogP contribution in [0.5, 0.6) is 0 Å². The third-order valence-corrected chi connectivity index (χ3v) is 23.1. The summed E-state index contributed by atoms with van der Waals surface area (Å²) in [6, 6.07) is 127. The highest BCUT2D eigenvalue weighted by Gasteiger charge is 2.31. The topological polar surface area (TPSA) is 35.6 Å². The smallest absolute Gasteiger partial charge is 0.114 e. The van der Waals surface area contributed by atoms with Crippen molar-refractivity contribution in [3.63, 3.8) is 0 Å². The molecular weight excluding hydrogens is 1280 g/mol. The highest BCUT2D eigenvalue weighted by atomic mass is 15.1. The third kappa shape index (κ3) is 8.88.